The molecule has 1 saturated carbocycles. The maximum absolute atomic E-state index is 8.92. The normalized spacial score (nSPS) is 14.1. The number of hydrogen-bond donors (Lipinski definition) is 1. The van der Waals surface area contributed by atoms with Crippen molar-refractivity contribution < 1.29 is 5.11 Å². The molecule has 1 N–H and O–H groups in total. The van der Waals surface area contributed by atoms with Gasteiger partial charge in [-0.3, -0.25) is 0 Å². The summed E-state index contributed by atoms with van der Waals surface area (Å²) in [5, 5.41) is 8.92. The monoisotopic (exact) mass is 220 g/mol. The van der Waals surface area contributed by atoms with Gasteiger partial charge in [0.15, 0.2) is 0 Å². The van der Waals surface area contributed by atoms with Crippen LogP contribution in [0.25, 0.3) is 0 Å². The van der Waals surface area contributed by atoms with Gasteiger partial charge < -0.3 is 5.11 Å². The first kappa shape index (κ1) is 13.1. The number of hydrogen-bond acceptors (Lipinski definition) is 1. The lowest BCUT2D eigenvalue weighted by molar-refractivity contribution is 0.475. The predicted octanol–water partition coefficient (Wildman–Crippen LogP) is 4.54. The molecule has 1 aliphatic carbocycles. The molecule has 1 aromatic carbocycles. The van der Waals surface area contributed by atoms with Gasteiger partial charge in [0.05, 0.1) is 0 Å². The molecule has 1 aliphatic rings. The third-order valence-electron chi connectivity index (χ3n) is 2.87. The largest absolute Gasteiger partial charge is 0.508 e. The van der Waals surface area contributed by atoms with Gasteiger partial charge in [0.1, 0.15) is 5.75 Å². The lowest BCUT2D eigenvalue weighted by Crippen LogP contribution is -1.79. The Hall–Kier alpha value is -0.980. The van der Waals surface area contributed by atoms with Crippen LogP contribution in [0.1, 0.15) is 51.5 Å². The molecule has 0 unspecified atom stereocenters. The summed E-state index contributed by atoms with van der Waals surface area (Å²) in [6.07, 6.45) is 8.18. The summed E-state index contributed by atoms with van der Waals surface area (Å²) >= 11 is 0. The number of aromatic hydroxyl groups is 1. The van der Waals surface area contributed by atoms with Crippen LogP contribution in [0.5, 0.6) is 5.75 Å². The zero-order valence-electron chi connectivity index (χ0n) is 10.6. The van der Waals surface area contributed by atoms with Crippen molar-refractivity contribution in [2.45, 2.75) is 52.4 Å². The Morgan fingerprint density at radius 1 is 1.06 bits per heavy atom. The highest BCUT2D eigenvalue weighted by atomic mass is 16.3. The fourth-order valence-electron chi connectivity index (χ4n) is 1.77. The summed E-state index contributed by atoms with van der Waals surface area (Å²) in [6, 6.07) is 7.37. The average molecular weight is 220 g/mol. The lowest BCUT2D eigenvalue weighted by atomic mass is 10.1. The van der Waals surface area contributed by atoms with E-state index in [9.17, 15) is 0 Å². The molecule has 0 bridgehead atoms. The van der Waals surface area contributed by atoms with Crippen LogP contribution in [0.15, 0.2) is 24.3 Å². The summed E-state index contributed by atoms with van der Waals surface area (Å²) < 4.78 is 0. The Balaban J connectivity index is 0.000000181. The number of phenolic OH excluding ortho intramolecular Hbond substituents is 1. The Morgan fingerprint density at radius 3 is 2.06 bits per heavy atom. The molecule has 0 radical (unpaired) electrons. The number of benzene rings is 1. The standard InChI is InChI=1S/C9H12O.C6H12/c1-2-3-8-4-6-9(10)7-5-8;1-2-3-6-4-5-6/h4-7,10H,2-3H2,1H3;6H,2-5H2,1H3. The smallest absolute Gasteiger partial charge is 0.115 e. The zero-order valence-corrected chi connectivity index (χ0v) is 10.6. The van der Waals surface area contributed by atoms with Crippen LogP contribution in [0.3, 0.4) is 0 Å². The SMILES string of the molecule is CCCC1CC1.CCCc1ccc(O)cc1. The van der Waals surface area contributed by atoms with Gasteiger partial charge in [0, 0.05) is 0 Å². The molecule has 2 rings (SSSR count). The predicted molar refractivity (Wildman–Crippen MR) is 69.7 cm³/mol. The van der Waals surface area contributed by atoms with Gasteiger partial charge in [-0.15, -0.1) is 0 Å². The number of rotatable bonds is 4. The van der Waals surface area contributed by atoms with E-state index >= 15 is 0 Å². The molecule has 0 aliphatic heterocycles. The van der Waals surface area contributed by atoms with Crippen molar-refractivity contribution in [3.8, 4) is 5.75 Å². The second kappa shape index (κ2) is 7.32. The van der Waals surface area contributed by atoms with E-state index < -0.39 is 0 Å². The molecular formula is C15H24O. The van der Waals surface area contributed by atoms with Crippen LogP contribution < -0.4 is 0 Å². The van der Waals surface area contributed by atoms with Gasteiger partial charge in [0.25, 0.3) is 0 Å². The minimum absolute atomic E-state index is 0.347. The first-order valence-electron chi connectivity index (χ1n) is 6.54. The van der Waals surface area contributed by atoms with E-state index in [1.807, 2.05) is 12.1 Å². The van der Waals surface area contributed by atoms with Crippen LogP contribution in [0, 0.1) is 5.92 Å². The summed E-state index contributed by atoms with van der Waals surface area (Å²) in [4.78, 5) is 0. The maximum atomic E-state index is 8.92. The number of aryl methyl sites for hydroxylation is 1. The van der Waals surface area contributed by atoms with Gasteiger partial charge >= 0.3 is 0 Å². The van der Waals surface area contributed by atoms with E-state index in [-0.39, 0.29) is 0 Å². The van der Waals surface area contributed by atoms with Crippen molar-refractivity contribution in [3.63, 3.8) is 0 Å². The second-order valence-electron chi connectivity index (χ2n) is 4.65. The van der Waals surface area contributed by atoms with Gasteiger partial charge in [-0.25, -0.2) is 0 Å². The molecular weight excluding hydrogens is 196 g/mol. The van der Waals surface area contributed by atoms with Crippen LogP contribution in [-0.4, -0.2) is 5.11 Å². The fraction of sp³-hybridized carbons (Fsp3) is 0.600. The Morgan fingerprint density at radius 2 is 1.69 bits per heavy atom. The van der Waals surface area contributed by atoms with Crippen molar-refractivity contribution in [2.24, 2.45) is 5.92 Å². The topological polar surface area (TPSA) is 20.2 Å². The first-order valence-corrected chi connectivity index (χ1v) is 6.54. The quantitative estimate of drug-likeness (QED) is 0.789. The molecule has 90 valence electrons. The molecule has 0 aromatic heterocycles. The van der Waals surface area contributed by atoms with Crippen molar-refractivity contribution in [3.05, 3.63) is 29.8 Å². The van der Waals surface area contributed by atoms with Crippen molar-refractivity contribution in [1.29, 1.82) is 0 Å². The molecule has 16 heavy (non-hydrogen) atoms. The minimum atomic E-state index is 0.347. The lowest BCUT2D eigenvalue weighted by Gasteiger charge is -1.96. The van der Waals surface area contributed by atoms with E-state index in [2.05, 4.69) is 13.8 Å². The third kappa shape index (κ3) is 5.79. The molecule has 1 heteroatoms. The molecule has 1 nitrogen and oxygen atoms in total. The fourth-order valence-corrected chi connectivity index (χ4v) is 1.77. The molecule has 0 heterocycles. The second-order valence-corrected chi connectivity index (χ2v) is 4.65. The highest BCUT2D eigenvalue weighted by molar-refractivity contribution is 5.25. The molecule has 0 spiro atoms. The third-order valence-corrected chi connectivity index (χ3v) is 2.87. The molecule has 0 saturated heterocycles. The van der Waals surface area contributed by atoms with E-state index in [0.717, 1.165) is 18.8 Å². The molecule has 0 amide bonds. The van der Waals surface area contributed by atoms with Gasteiger partial charge in [-0.05, 0) is 30.0 Å². The van der Waals surface area contributed by atoms with Crippen molar-refractivity contribution in [2.75, 3.05) is 0 Å². The Kier molecular flexibility index (Phi) is 5.99. The summed E-state index contributed by atoms with van der Waals surface area (Å²) in [5.74, 6) is 1.50. The molecule has 1 aromatic rings. The highest BCUT2D eigenvalue weighted by Crippen LogP contribution is 2.32. The number of phenols is 1. The van der Waals surface area contributed by atoms with Crippen LogP contribution in [0.4, 0.5) is 0 Å². The van der Waals surface area contributed by atoms with Crippen molar-refractivity contribution in [1.82, 2.24) is 0 Å². The van der Waals surface area contributed by atoms with E-state index in [0.29, 0.717) is 5.75 Å². The van der Waals surface area contributed by atoms with E-state index in [4.69, 9.17) is 5.11 Å². The summed E-state index contributed by atoms with van der Waals surface area (Å²) in [7, 11) is 0. The van der Waals surface area contributed by atoms with Crippen LogP contribution >= 0.6 is 0 Å². The summed E-state index contributed by atoms with van der Waals surface area (Å²) in [6.45, 7) is 4.41. The first-order chi connectivity index (χ1) is 7.76. The Labute approximate surface area is 99.5 Å². The minimum Gasteiger partial charge on any atom is -0.508 e. The highest BCUT2D eigenvalue weighted by Gasteiger charge is 2.18. The maximum Gasteiger partial charge on any atom is 0.115 e. The average Bonchev–Trinajstić information content (AvgIpc) is 3.07. The van der Waals surface area contributed by atoms with Crippen molar-refractivity contribution >= 4 is 0 Å². The van der Waals surface area contributed by atoms with Gasteiger partial charge in [-0.2, -0.15) is 0 Å². The van der Waals surface area contributed by atoms with Gasteiger partial charge in [-0.1, -0.05) is 58.1 Å². The Bertz CT molecular complexity index is 272. The molecule has 1 fully saturated rings. The van der Waals surface area contributed by atoms with Gasteiger partial charge in [0.2, 0.25) is 0 Å². The van der Waals surface area contributed by atoms with E-state index in [1.54, 1.807) is 12.1 Å². The van der Waals surface area contributed by atoms with Crippen LogP contribution in [0.2, 0.25) is 0 Å². The van der Waals surface area contributed by atoms with E-state index in [1.165, 1.54) is 31.2 Å². The zero-order chi connectivity index (χ0) is 11.8. The summed E-state index contributed by atoms with van der Waals surface area (Å²) in [5.41, 5.74) is 1.29. The van der Waals surface area contributed by atoms with Crippen LogP contribution in [-0.2, 0) is 6.42 Å². The molecule has 0 atom stereocenters.